The van der Waals surface area contributed by atoms with E-state index in [1.807, 2.05) is 13.1 Å². The first-order valence-electron chi connectivity index (χ1n) is 5.72. The third-order valence-corrected chi connectivity index (χ3v) is 4.64. The van der Waals surface area contributed by atoms with Crippen molar-refractivity contribution in [2.45, 2.75) is 13.0 Å². The number of nitrogens with one attached hydrogen (secondary N) is 1. The second-order valence-corrected chi connectivity index (χ2v) is 6.58. The first kappa shape index (κ1) is 13.6. The lowest BCUT2D eigenvalue weighted by atomic mass is 10.00. The molecule has 0 spiro atoms. The van der Waals surface area contributed by atoms with Crippen molar-refractivity contribution in [2.24, 2.45) is 0 Å². The summed E-state index contributed by atoms with van der Waals surface area (Å²) in [6, 6.07) is 10.7. The average Bonchev–Trinajstić information content (AvgIpc) is 2.78. The van der Waals surface area contributed by atoms with Gasteiger partial charge in [0, 0.05) is 4.88 Å². The van der Waals surface area contributed by atoms with Crippen LogP contribution in [0.25, 0.3) is 0 Å². The number of hydrogen-bond donors (Lipinski definition) is 1. The van der Waals surface area contributed by atoms with Crippen LogP contribution < -0.4 is 10.1 Å². The Morgan fingerprint density at radius 1 is 1.28 bits per heavy atom. The predicted octanol–water partition coefficient (Wildman–Crippen LogP) is 4.14. The summed E-state index contributed by atoms with van der Waals surface area (Å²) in [6.45, 7) is 2.12. The van der Waals surface area contributed by atoms with E-state index in [2.05, 4.69) is 52.4 Å². The van der Waals surface area contributed by atoms with E-state index < -0.39 is 0 Å². The van der Waals surface area contributed by atoms with Crippen molar-refractivity contribution in [1.29, 1.82) is 0 Å². The second kappa shape index (κ2) is 5.87. The molecule has 2 aromatic rings. The Balaban J connectivity index is 2.39. The summed E-state index contributed by atoms with van der Waals surface area (Å²) in [4.78, 5) is 1.30. The summed E-state index contributed by atoms with van der Waals surface area (Å²) >= 11 is 5.27. The van der Waals surface area contributed by atoms with Crippen LogP contribution in [-0.4, -0.2) is 14.2 Å². The van der Waals surface area contributed by atoms with Crippen LogP contribution in [0.1, 0.15) is 22.0 Å². The quantitative estimate of drug-likeness (QED) is 0.912. The normalized spacial score (nSPS) is 12.4. The van der Waals surface area contributed by atoms with Crippen LogP contribution >= 0.6 is 27.3 Å². The first-order valence-corrected chi connectivity index (χ1v) is 7.33. The molecule has 4 heteroatoms. The molecule has 0 fully saturated rings. The highest BCUT2D eigenvalue weighted by molar-refractivity contribution is 9.11. The standard InChI is InChI=1S/C14H16BrNOS/c1-9-8-10(17-3)4-5-11(9)14(16-2)12-6-7-13(15)18-12/h4-8,14,16H,1-3H3. The van der Waals surface area contributed by atoms with E-state index in [-0.39, 0.29) is 6.04 Å². The molecule has 0 radical (unpaired) electrons. The van der Waals surface area contributed by atoms with E-state index in [4.69, 9.17) is 4.74 Å². The molecular formula is C14H16BrNOS. The monoisotopic (exact) mass is 325 g/mol. The van der Waals surface area contributed by atoms with Crippen LogP contribution in [0.5, 0.6) is 5.75 Å². The van der Waals surface area contributed by atoms with Gasteiger partial charge in [-0.1, -0.05) is 6.07 Å². The molecule has 2 nitrogen and oxygen atoms in total. The molecule has 1 atom stereocenters. The van der Waals surface area contributed by atoms with Gasteiger partial charge < -0.3 is 10.1 Å². The van der Waals surface area contributed by atoms with Gasteiger partial charge in [0.2, 0.25) is 0 Å². The van der Waals surface area contributed by atoms with Crippen LogP contribution in [0.2, 0.25) is 0 Å². The minimum atomic E-state index is 0.229. The summed E-state index contributed by atoms with van der Waals surface area (Å²) in [5.74, 6) is 0.901. The van der Waals surface area contributed by atoms with Crippen molar-refractivity contribution in [3.8, 4) is 5.75 Å². The molecule has 0 saturated carbocycles. The number of rotatable bonds is 4. The summed E-state index contributed by atoms with van der Waals surface area (Å²) in [5, 5.41) is 3.38. The molecule has 1 heterocycles. The van der Waals surface area contributed by atoms with Gasteiger partial charge in [-0.15, -0.1) is 11.3 Å². The summed E-state index contributed by atoms with van der Waals surface area (Å²) in [6.07, 6.45) is 0. The number of benzene rings is 1. The van der Waals surface area contributed by atoms with Gasteiger partial charge in [0.1, 0.15) is 5.75 Å². The topological polar surface area (TPSA) is 21.3 Å². The second-order valence-electron chi connectivity index (χ2n) is 4.09. The Morgan fingerprint density at radius 2 is 2.06 bits per heavy atom. The summed E-state index contributed by atoms with van der Waals surface area (Å²) in [5.41, 5.74) is 2.52. The Bertz CT molecular complexity index is 538. The number of ether oxygens (including phenoxy) is 1. The maximum Gasteiger partial charge on any atom is 0.119 e. The first-order chi connectivity index (χ1) is 8.65. The fourth-order valence-corrected chi connectivity index (χ4v) is 3.59. The van der Waals surface area contributed by atoms with Crippen molar-refractivity contribution in [3.63, 3.8) is 0 Å². The zero-order chi connectivity index (χ0) is 13.1. The van der Waals surface area contributed by atoms with Crippen LogP contribution in [0.15, 0.2) is 34.1 Å². The Labute approximate surface area is 120 Å². The molecule has 1 aromatic carbocycles. The zero-order valence-electron chi connectivity index (χ0n) is 10.7. The van der Waals surface area contributed by atoms with Crippen molar-refractivity contribution in [3.05, 3.63) is 50.1 Å². The molecule has 1 N–H and O–H groups in total. The number of halogens is 1. The fourth-order valence-electron chi connectivity index (χ4n) is 2.03. The molecule has 18 heavy (non-hydrogen) atoms. The third-order valence-electron chi connectivity index (χ3n) is 2.96. The van der Waals surface area contributed by atoms with Gasteiger partial charge in [-0.05, 0) is 65.3 Å². The molecule has 0 bridgehead atoms. The Kier molecular flexibility index (Phi) is 4.43. The lowest BCUT2D eigenvalue weighted by Crippen LogP contribution is -2.17. The molecule has 0 saturated heterocycles. The smallest absolute Gasteiger partial charge is 0.119 e. The minimum absolute atomic E-state index is 0.229. The minimum Gasteiger partial charge on any atom is -0.497 e. The van der Waals surface area contributed by atoms with E-state index in [0.717, 1.165) is 9.54 Å². The number of methoxy groups -OCH3 is 1. The highest BCUT2D eigenvalue weighted by atomic mass is 79.9. The van der Waals surface area contributed by atoms with E-state index in [0.29, 0.717) is 0 Å². The number of aryl methyl sites for hydroxylation is 1. The fraction of sp³-hybridized carbons (Fsp3) is 0.286. The van der Waals surface area contributed by atoms with E-state index in [1.54, 1.807) is 18.4 Å². The Morgan fingerprint density at radius 3 is 2.56 bits per heavy atom. The average molecular weight is 326 g/mol. The molecule has 0 amide bonds. The number of hydrogen-bond acceptors (Lipinski definition) is 3. The maximum absolute atomic E-state index is 5.25. The van der Waals surface area contributed by atoms with Gasteiger partial charge in [-0.3, -0.25) is 0 Å². The van der Waals surface area contributed by atoms with Crippen LogP contribution in [-0.2, 0) is 0 Å². The highest BCUT2D eigenvalue weighted by Gasteiger charge is 2.16. The van der Waals surface area contributed by atoms with Crippen molar-refractivity contribution < 1.29 is 4.74 Å². The molecule has 0 aliphatic heterocycles. The largest absolute Gasteiger partial charge is 0.497 e. The number of thiophene rings is 1. The molecule has 1 unspecified atom stereocenters. The summed E-state index contributed by atoms with van der Waals surface area (Å²) < 4.78 is 6.40. The van der Waals surface area contributed by atoms with Gasteiger partial charge in [0.15, 0.2) is 0 Å². The SMILES string of the molecule is CNC(c1ccc(Br)s1)c1ccc(OC)cc1C. The van der Waals surface area contributed by atoms with Gasteiger partial charge in [-0.25, -0.2) is 0 Å². The third kappa shape index (κ3) is 2.76. The van der Waals surface area contributed by atoms with Crippen molar-refractivity contribution in [1.82, 2.24) is 5.32 Å². The highest BCUT2D eigenvalue weighted by Crippen LogP contribution is 2.33. The molecular weight excluding hydrogens is 310 g/mol. The van der Waals surface area contributed by atoms with Gasteiger partial charge in [0.25, 0.3) is 0 Å². The predicted molar refractivity (Wildman–Crippen MR) is 80.7 cm³/mol. The Hall–Kier alpha value is -0.840. The van der Waals surface area contributed by atoms with E-state index in [9.17, 15) is 0 Å². The van der Waals surface area contributed by atoms with Crippen LogP contribution in [0, 0.1) is 6.92 Å². The van der Waals surface area contributed by atoms with E-state index in [1.165, 1.54) is 16.0 Å². The molecule has 0 aliphatic rings. The van der Waals surface area contributed by atoms with Crippen molar-refractivity contribution >= 4 is 27.3 Å². The van der Waals surface area contributed by atoms with Crippen LogP contribution in [0.4, 0.5) is 0 Å². The van der Waals surface area contributed by atoms with Crippen LogP contribution in [0.3, 0.4) is 0 Å². The van der Waals surface area contributed by atoms with E-state index >= 15 is 0 Å². The van der Waals surface area contributed by atoms with Crippen molar-refractivity contribution in [2.75, 3.05) is 14.2 Å². The molecule has 2 rings (SSSR count). The maximum atomic E-state index is 5.25. The summed E-state index contributed by atoms with van der Waals surface area (Å²) in [7, 11) is 3.68. The molecule has 0 aliphatic carbocycles. The molecule has 1 aromatic heterocycles. The lowest BCUT2D eigenvalue weighted by molar-refractivity contribution is 0.414. The van der Waals surface area contributed by atoms with Gasteiger partial charge in [0.05, 0.1) is 16.9 Å². The zero-order valence-corrected chi connectivity index (χ0v) is 13.1. The lowest BCUT2D eigenvalue weighted by Gasteiger charge is -2.18. The molecule has 96 valence electrons. The van der Waals surface area contributed by atoms with Gasteiger partial charge in [-0.2, -0.15) is 0 Å². The van der Waals surface area contributed by atoms with Gasteiger partial charge >= 0.3 is 0 Å².